The minimum atomic E-state index is -1.04. The van der Waals surface area contributed by atoms with Crippen LogP contribution in [0.4, 0.5) is 4.79 Å². The van der Waals surface area contributed by atoms with E-state index in [1.807, 2.05) is 25.1 Å². The molecule has 0 spiro atoms. The Hall–Kier alpha value is -1.75. The molecule has 0 bridgehead atoms. The molecule has 1 aromatic rings. The summed E-state index contributed by atoms with van der Waals surface area (Å²) in [6.45, 7) is 5.33. The Labute approximate surface area is 129 Å². The predicted molar refractivity (Wildman–Crippen MR) is 82.4 cm³/mol. The minimum absolute atomic E-state index is 0.199. The number of carboxylic acids is 1. The summed E-state index contributed by atoms with van der Waals surface area (Å²) in [5, 5.41) is 12.2. The van der Waals surface area contributed by atoms with Crippen LogP contribution in [0.25, 0.3) is 0 Å². The number of rotatable bonds is 5. The molecule has 1 aromatic carbocycles. The number of aliphatic carboxylic acids is 1. The van der Waals surface area contributed by atoms with Gasteiger partial charge in [0.25, 0.3) is 0 Å². The molecule has 2 N–H and O–H groups in total. The van der Waals surface area contributed by atoms with Crippen LogP contribution in [0.2, 0.25) is 5.02 Å². The monoisotopic (exact) mass is 312 g/mol. The van der Waals surface area contributed by atoms with E-state index in [2.05, 4.69) is 5.32 Å². The zero-order chi connectivity index (χ0) is 16.2. The van der Waals surface area contributed by atoms with Gasteiger partial charge in [0.05, 0.1) is 6.04 Å². The van der Waals surface area contributed by atoms with Crippen molar-refractivity contribution in [2.45, 2.75) is 32.9 Å². The largest absolute Gasteiger partial charge is 0.480 e. The molecule has 0 aromatic heterocycles. The molecule has 21 heavy (non-hydrogen) atoms. The van der Waals surface area contributed by atoms with Crippen LogP contribution in [0.15, 0.2) is 24.3 Å². The van der Waals surface area contributed by atoms with Crippen LogP contribution < -0.4 is 5.32 Å². The van der Waals surface area contributed by atoms with Gasteiger partial charge in [-0.15, -0.1) is 0 Å². The van der Waals surface area contributed by atoms with E-state index < -0.39 is 18.0 Å². The maximum atomic E-state index is 12.2. The fourth-order valence-corrected chi connectivity index (χ4v) is 2.24. The zero-order valence-corrected chi connectivity index (χ0v) is 13.4. The van der Waals surface area contributed by atoms with Crippen molar-refractivity contribution < 1.29 is 14.7 Å². The number of hydrogen-bond donors (Lipinski definition) is 2. The molecule has 6 heteroatoms. The molecular weight excluding hydrogens is 292 g/mol. The molecule has 0 heterocycles. The SMILES string of the molecule is CC(C)[C@H](NC(=O)N(C)C(C)c1ccccc1Cl)C(=O)O. The number of urea groups is 1. The molecule has 2 amide bonds. The number of carbonyl (C=O) groups is 2. The molecule has 0 saturated heterocycles. The normalized spacial score (nSPS) is 13.6. The molecule has 0 aliphatic carbocycles. The Morgan fingerprint density at radius 3 is 2.29 bits per heavy atom. The molecular formula is C15H21ClN2O3. The van der Waals surface area contributed by atoms with Crippen LogP contribution in [0.3, 0.4) is 0 Å². The van der Waals surface area contributed by atoms with Crippen molar-refractivity contribution in [3.63, 3.8) is 0 Å². The lowest BCUT2D eigenvalue weighted by atomic mass is 10.0. The summed E-state index contributed by atoms with van der Waals surface area (Å²) >= 11 is 6.12. The number of halogens is 1. The van der Waals surface area contributed by atoms with Gasteiger partial charge in [0, 0.05) is 12.1 Å². The Balaban J connectivity index is 2.83. The zero-order valence-electron chi connectivity index (χ0n) is 12.6. The molecule has 1 rings (SSSR count). The number of nitrogens with one attached hydrogen (secondary N) is 1. The van der Waals surface area contributed by atoms with Gasteiger partial charge in [0.1, 0.15) is 6.04 Å². The maximum absolute atomic E-state index is 12.2. The van der Waals surface area contributed by atoms with Crippen molar-refractivity contribution in [3.8, 4) is 0 Å². The van der Waals surface area contributed by atoms with Gasteiger partial charge in [0.2, 0.25) is 0 Å². The Morgan fingerprint density at radius 2 is 1.81 bits per heavy atom. The highest BCUT2D eigenvalue weighted by Gasteiger charge is 2.27. The van der Waals surface area contributed by atoms with E-state index in [-0.39, 0.29) is 12.0 Å². The average molecular weight is 313 g/mol. The fourth-order valence-electron chi connectivity index (χ4n) is 1.95. The van der Waals surface area contributed by atoms with Gasteiger partial charge in [-0.3, -0.25) is 0 Å². The maximum Gasteiger partial charge on any atom is 0.326 e. The summed E-state index contributed by atoms with van der Waals surface area (Å²) in [5.41, 5.74) is 0.813. The Morgan fingerprint density at radius 1 is 1.24 bits per heavy atom. The van der Waals surface area contributed by atoms with Crippen molar-refractivity contribution in [1.82, 2.24) is 10.2 Å². The standard InChI is InChI=1S/C15H21ClN2O3/c1-9(2)13(14(19)20)17-15(21)18(4)10(3)11-7-5-6-8-12(11)16/h5-10,13H,1-4H3,(H,17,21)(H,19,20)/t10?,13-/m0/s1. The molecule has 116 valence electrons. The molecule has 0 aliphatic rings. The molecule has 5 nitrogen and oxygen atoms in total. The van der Waals surface area contributed by atoms with Gasteiger partial charge in [-0.05, 0) is 24.5 Å². The first-order valence-corrected chi connectivity index (χ1v) is 7.14. The van der Waals surface area contributed by atoms with Gasteiger partial charge >= 0.3 is 12.0 Å². The molecule has 0 radical (unpaired) electrons. The van der Waals surface area contributed by atoms with E-state index in [0.717, 1.165) is 5.56 Å². The number of carboxylic acid groups (broad SMARTS) is 1. The third-order valence-electron chi connectivity index (χ3n) is 3.47. The van der Waals surface area contributed by atoms with E-state index >= 15 is 0 Å². The summed E-state index contributed by atoms with van der Waals surface area (Å²) in [7, 11) is 1.61. The van der Waals surface area contributed by atoms with Crippen LogP contribution in [-0.4, -0.2) is 35.1 Å². The van der Waals surface area contributed by atoms with Crippen molar-refractivity contribution in [2.75, 3.05) is 7.05 Å². The Bertz CT molecular complexity index is 519. The lowest BCUT2D eigenvalue weighted by Gasteiger charge is -2.28. The fraction of sp³-hybridized carbons (Fsp3) is 0.467. The molecule has 2 atom stereocenters. The van der Waals surface area contributed by atoms with Crippen molar-refractivity contribution >= 4 is 23.6 Å². The van der Waals surface area contributed by atoms with Crippen LogP contribution in [0.1, 0.15) is 32.4 Å². The van der Waals surface area contributed by atoms with Crippen molar-refractivity contribution in [3.05, 3.63) is 34.9 Å². The van der Waals surface area contributed by atoms with Gasteiger partial charge in [-0.1, -0.05) is 43.6 Å². The van der Waals surface area contributed by atoms with Crippen LogP contribution in [0.5, 0.6) is 0 Å². The number of amides is 2. The van der Waals surface area contributed by atoms with Crippen LogP contribution in [-0.2, 0) is 4.79 Å². The van der Waals surface area contributed by atoms with Gasteiger partial charge in [-0.2, -0.15) is 0 Å². The number of hydrogen-bond acceptors (Lipinski definition) is 2. The highest BCUT2D eigenvalue weighted by atomic mass is 35.5. The van der Waals surface area contributed by atoms with Crippen molar-refractivity contribution in [1.29, 1.82) is 0 Å². The second kappa shape index (κ2) is 7.31. The quantitative estimate of drug-likeness (QED) is 0.877. The molecule has 1 unspecified atom stereocenters. The summed E-state index contributed by atoms with van der Waals surface area (Å²) in [6.07, 6.45) is 0. The van der Waals surface area contributed by atoms with Gasteiger partial charge < -0.3 is 15.3 Å². The van der Waals surface area contributed by atoms with E-state index in [9.17, 15) is 9.59 Å². The summed E-state index contributed by atoms with van der Waals surface area (Å²) < 4.78 is 0. The molecule has 0 fully saturated rings. The average Bonchev–Trinajstić information content (AvgIpc) is 2.42. The Kier molecular flexibility index (Phi) is 6.03. The minimum Gasteiger partial charge on any atom is -0.480 e. The highest BCUT2D eigenvalue weighted by molar-refractivity contribution is 6.31. The predicted octanol–water partition coefficient (Wildman–Crippen LogP) is 3.15. The van der Waals surface area contributed by atoms with E-state index in [1.54, 1.807) is 27.0 Å². The summed E-state index contributed by atoms with van der Waals surface area (Å²) in [5.74, 6) is -1.24. The summed E-state index contributed by atoms with van der Waals surface area (Å²) in [6, 6.07) is 5.64. The third-order valence-corrected chi connectivity index (χ3v) is 3.81. The number of benzene rings is 1. The van der Waals surface area contributed by atoms with Crippen LogP contribution >= 0.6 is 11.6 Å². The molecule has 0 aliphatic heterocycles. The lowest BCUT2D eigenvalue weighted by Crippen LogP contribution is -2.49. The topological polar surface area (TPSA) is 69.6 Å². The third kappa shape index (κ3) is 4.36. The second-order valence-electron chi connectivity index (χ2n) is 5.32. The van der Waals surface area contributed by atoms with E-state index in [0.29, 0.717) is 5.02 Å². The van der Waals surface area contributed by atoms with E-state index in [4.69, 9.17) is 16.7 Å². The van der Waals surface area contributed by atoms with Gasteiger partial charge in [0.15, 0.2) is 0 Å². The van der Waals surface area contributed by atoms with Crippen molar-refractivity contribution in [2.24, 2.45) is 5.92 Å². The smallest absolute Gasteiger partial charge is 0.326 e. The van der Waals surface area contributed by atoms with Gasteiger partial charge in [-0.25, -0.2) is 9.59 Å². The first-order chi connectivity index (χ1) is 9.75. The van der Waals surface area contributed by atoms with E-state index in [1.165, 1.54) is 4.90 Å². The highest BCUT2D eigenvalue weighted by Crippen LogP contribution is 2.26. The first-order valence-electron chi connectivity index (χ1n) is 6.76. The second-order valence-corrected chi connectivity index (χ2v) is 5.73. The first kappa shape index (κ1) is 17.3. The number of carbonyl (C=O) groups excluding carboxylic acids is 1. The molecule has 0 saturated carbocycles. The lowest BCUT2D eigenvalue weighted by molar-refractivity contribution is -0.140. The van der Waals surface area contributed by atoms with Crippen LogP contribution in [0, 0.1) is 5.92 Å². The summed E-state index contributed by atoms with van der Waals surface area (Å²) in [4.78, 5) is 24.8. The number of nitrogens with zero attached hydrogens (tertiary/aromatic N) is 1.